The highest BCUT2D eigenvalue weighted by Gasteiger charge is 2.39. The van der Waals surface area contributed by atoms with E-state index in [1.54, 1.807) is 11.8 Å². The van der Waals surface area contributed by atoms with Crippen LogP contribution in [0.5, 0.6) is 0 Å². The summed E-state index contributed by atoms with van der Waals surface area (Å²) in [6, 6.07) is -0.0411. The summed E-state index contributed by atoms with van der Waals surface area (Å²) in [5.74, 6) is -0.379. The fourth-order valence-corrected chi connectivity index (χ4v) is 3.21. The van der Waals surface area contributed by atoms with Gasteiger partial charge in [-0.3, -0.25) is 4.79 Å². The molecule has 2 aliphatic heterocycles. The van der Waals surface area contributed by atoms with Crippen LogP contribution in [0.1, 0.15) is 39.5 Å². The van der Waals surface area contributed by atoms with E-state index >= 15 is 0 Å². The molecule has 0 saturated carbocycles. The van der Waals surface area contributed by atoms with Crippen LogP contribution in [0, 0.1) is 11.3 Å². The molecule has 6 heteroatoms. The average molecular weight is 298 g/mol. The predicted octanol–water partition coefficient (Wildman–Crippen LogP) is 1.70. The molecule has 120 valence electrons. The minimum atomic E-state index is -0.822. The average Bonchev–Trinajstić information content (AvgIpc) is 2.48. The molecular formula is C15H26N2O4. The van der Waals surface area contributed by atoms with Gasteiger partial charge in [0.15, 0.2) is 0 Å². The molecule has 2 heterocycles. The summed E-state index contributed by atoms with van der Waals surface area (Å²) in [6.45, 7) is 6.17. The normalized spacial score (nSPS) is 29.0. The Morgan fingerprint density at radius 2 is 2.05 bits per heavy atom. The SMILES string of the molecule is CC(NC(=O)N1CCCC(C)(C(=O)O)C1)C1CCOCC1. The Morgan fingerprint density at radius 3 is 2.67 bits per heavy atom. The van der Waals surface area contributed by atoms with Crippen molar-refractivity contribution < 1.29 is 19.4 Å². The van der Waals surface area contributed by atoms with Crippen molar-refractivity contribution in [3.05, 3.63) is 0 Å². The van der Waals surface area contributed by atoms with Gasteiger partial charge in [0, 0.05) is 32.3 Å². The first kappa shape index (κ1) is 16.1. The fraction of sp³-hybridized carbons (Fsp3) is 0.867. The van der Waals surface area contributed by atoms with Crippen LogP contribution in [-0.2, 0) is 9.53 Å². The molecule has 6 nitrogen and oxygen atoms in total. The minimum Gasteiger partial charge on any atom is -0.481 e. The molecule has 2 fully saturated rings. The van der Waals surface area contributed by atoms with Crippen molar-refractivity contribution in [1.82, 2.24) is 10.2 Å². The lowest BCUT2D eigenvalue weighted by molar-refractivity contribution is -0.150. The van der Waals surface area contributed by atoms with E-state index in [0.29, 0.717) is 18.9 Å². The van der Waals surface area contributed by atoms with Crippen LogP contribution < -0.4 is 5.32 Å². The topological polar surface area (TPSA) is 78.9 Å². The van der Waals surface area contributed by atoms with Gasteiger partial charge in [-0.2, -0.15) is 0 Å². The van der Waals surface area contributed by atoms with Crippen molar-refractivity contribution in [1.29, 1.82) is 0 Å². The molecule has 0 aliphatic carbocycles. The van der Waals surface area contributed by atoms with Gasteiger partial charge in [0.1, 0.15) is 0 Å². The molecule has 2 atom stereocenters. The van der Waals surface area contributed by atoms with Crippen LogP contribution >= 0.6 is 0 Å². The highest BCUT2D eigenvalue weighted by molar-refractivity contribution is 5.78. The molecule has 0 spiro atoms. The van der Waals surface area contributed by atoms with E-state index in [9.17, 15) is 14.7 Å². The van der Waals surface area contributed by atoms with Gasteiger partial charge in [0.25, 0.3) is 0 Å². The monoisotopic (exact) mass is 298 g/mol. The van der Waals surface area contributed by atoms with Crippen molar-refractivity contribution in [2.75, 3.05) is 26.3 Å². The standard InChI is InChI=1S/C15H26N2O4/c1-11(12-4-8-21-9-5-12)16-14(20)17-7-3-6-15(2,10-17)13(18)19/h11-12H,3-10H2,1-2H3,(H,16,20)(H,18,19). The number of rotatable bonds is 3. The Hall–Kier alpha value is -1.30. The van der Waals surface area contributed by atoms with Gasteiger partial charge in [-0.25, -0.2) is 4.79 Å². The summed E-state index contributed by atoms with van der Waals surface area (Å²) in [6.07, 6.45) is 3.30. The van der Waals surface area contributed by atoms with Gasteiger partial charge in [0.2, 0.25) is 0 Å². The number of hydrogen-bond acceptors (Lipinski definition) is 3. The molecule has 2 rings (SSSR count). The second kappa shape index (κ2) is 6.64. The number of nitrogens with zero attached hydrogens (tertiary/aromatic N) is 1. The van der Waals surface area contributed by atoms with Crippen LogP contribution in [0.15, 0.2) is 0 Å². The Kier molecular flexibility index (Phi) is 5.08. The van der Waals surface area contributed by atoms with Crippen molar-refractivity contribution in [2.45, 2.75) is 45.6 Å². The number of ether oxygens (including phenoxy) is 1. The molecule has 2 N–H and O–H groups in total. The molecule has 2 unspecified atom stereocenters. The van der Waals surface area contributed by atoms with Crippen LogP contribution in [-0.4, -0.2) is 54.4 Å². The number of nitrogens with one attached hydrogen (secondary N) is 1. The molecule has 2 amide bonds. The summed E-state index contributed by atoms with van der Waals surface area (Å²) in [4.78, 5) is 25.3. The predicted molar refractivity (Wildman–Crippen MR) is 78.1 cm³/mol. The van der Waals surface area contributed by atoms with E-state index in [4.69, 9.17) is 4.74 Å². The van der Waals surface area contributed by atoms with Gasteiger partial charge >= 0.3 is 12.0 Å². The Bertz CT molecular complexity index is 395. The molecule has 21 heavy (non-hydrogen) atoms. The van der Waals surface area contributed by atoms with Crippen molar-refractivity contribution >= 4 is 12.0 Å². The number of hydrogen-bond donors (Lipinski definition) is 2. The van der Waals surface area contributed by atoms with Crippen molar-refractivity contribution in [3.63, 3.8) is 0 Å². The number of aliphatic carboxylic acids is 1. The summed E-state index contributed by atoms with van der Waals surface area (Å²) < 4.78 is 5.34. The van der Waals surface area contributed by atoms with Crippen molar-refractivity contribution in [2.24, 2.45) is 11.3 Å². The lowest BCUT2D eigenvalue weighted by atomic mass is 9.82. The maximum absolute atomic E-state index is 12.4. The molecule has 2 aliphatic rings. The summed E-state index contributed by atoms with van der Waals surface area (Å²) in [7, 11) is 0. The van der Waals surface area contributed by atoms with Crippen LogP contribution in [0.4, 0.5) is 4.79 Å². The van der Waals surface area contributed by atoms with Gasteiger partial charge in [-0.1, -0.05) is 0 Å². The quantitative estimate of drug-likeness (QED) is 0.831. The number of urea groups is 1. The Morgan fingerprint density at radius 1 is 1.38 bits per heavy atom. The first-order chi connectivity index (χ1) is 9.92. The molecule has 0 aromatic rings. The fourth-order valence-electron chi connectivity index (χ4n) is 3.21. The minimum absolute atomic E-state index is 0.0967. The zero-order valence-corrected chi connectivity index (χ0v) is 12.9. The summed E-state index contributed by atoms with van der Waals surface area (Å²) >= 11 is 0. The van der Waals surface area contributed by atoms with Crippen molar-refractivity contribution in [3.8, 4) is 0 Å². The van der Waals surface area contributed by atoms with Gasteiger partial charge in [-0.15, -0.1) is 0 Å². The van der Waals surface area contributed by atoms with Gasteiger partial charge in [0.05, 0.1) is 5.41 Å². The summed E-state index contributed by atoms with van der Waals surface area (Å²) in [5, 5.41) is 12.3. The number of carbonyl (C=O) groups is 2. The third-order valence-corrected chi connectivity index (χ3v) is 4.82. The first-order valence-electron chi connectivity index (χ1n) is 7.79. The first-order valence-corrected chi connectivity index (χ1v) is 7.79. The van der Waals surface area contributed by atoms with Gasteiger partial charge in [-0.05, 0) is 45.4 Å². The number of amides is 2. The van der Waals surface area contributed by atoms with E-state index in [2.05, 4.69) is 5.32 Å². The number of likely N-dealkylation sites (tertiary alicyclic amines) is 1. The second-order valence-electron chi connectivity index (χ2n) is 6.58. The van der Waals surface area contributed by atoms with Gasteiger partial charge < -0.3 is 20.1 Å². The maximum Gasteiger partial charge on any atom is 0.317 e. The lowest BCUT2D eigenvalue weighted by Crippen LogP contribution is -2.54. The smallest absolute Gasteiger partial charge is 0.317 e. The molecular weight excluding hydrogens is 272 g/mol. The van der Waals surface area contributed by atoms with E-state index in [-0.39, 0.29) is 18.6 Å². The third-order valence-electron chi connectivity index (χ3n) is 4.82. The molecule has 0 aromatic carbocycles. The number of carboxylic acids is 1. The van der Waals surface area contributed by atoms with E-state index in [1.807, 2.05) is 6.92 Å². The molecule has 0 radical (unpaired) electrons. The summed E-state index contributed by atoms with van der Waals surface area (Å²) in [5.41, 5.74) is -0.822. The largest absolute Gasteiger partial charge is 0.481 e. The van der Waals surface area contributed by atoms with Crippen LogP contribution in [0.25, 0.3) is 0 Å². The van der Waals surface area contributed by atoms with Crippen LogP contribution in [0.3, 0.4) is 0 Å². The zero-order chi connectivity index (χ0) is 15.5. The highest BCUT2D eigenvalue weighted by atomic mass is 16.5. The number of carboxylic acid groups (broad SMARTS) is 1. The van der Waals surface area contributed by atoms with E-state index < -0.39 is 11.4 Å². The van der Waals surface area contributed by atoms with E-state index in [1.165, 1.54) is 0 Å². The Balaban J connectivity index is 1.88. The van der Waals surface area contributed by atoms with Crippen LogP contribution in [0.2, 0.25) is 0 Å². The molecule has 0 bridgehead atoms. The zero-order valence-electron chi connectivity index (χ0n) is 12.9. The molecule has 2 saturated heterocycles. The van der Waals surface area contributed by atoms with E-state index in [0.717, 1.165) is 32.5 Å². The maximum atomic E-state index is 12.4. The third kappa shape index (κ3) is 3.87. The Labute approximate surface area is 125 Å². The lowest BCUT2D eigenvalue weighted by Gasteiger charge is -2.38. The number of carbonyl (C=O) groups excluding carboxylic acids is 1. The number of piperidine rings is 1. The molecule has 0 aromatic heterocycles. The second-order valence-corrected chi connectivity index (χ2v) is 6.58. The highest BCUT2D eigenvalue weighted by Crippen LogP contribution is 2.29.